The zero-order valence-corrected chi connectivity index (χ0v) is 13.3. The second-order valence-corrected chi connectivity index (χ2v) is 6.98. The molecule has 8 heteroatoms. The van der Waals surface area contributed by atoms with Gasteiger partial charge in [-0.05, 0) is 24.8 Å². The minimum absolute atomic E-state index is 0.0202. The highest BCUT2D eigenvalue weighted by molar-refractivity contribution is 7.52. The van der Waals surface area contributed by atoms with Crippen LogP contribution in [0.25, 0.3) is 0 Å². The summed E-state index contributed by atoms with van der Waals surface area (Å²) in [5.74, 6) is 0.552. The van der Waals surface area contributed by atoms with Crippen LogP contribution in [0.2, 0.25) is 0 Å². The normalized spacial score (nSPS) is 13.8. The van der Waals surface area contributed by atoms with Gasteiger partial charge in [0, 0.05) is 24.2 Å². The van der Waals surface area contributed by atoms with Gasteiger partial charge in [-0.25, -0.2) is 0 Å². The van der Waals surface area contributed by atoms with Crippen LogP contribution in [0.3, 0.4) is 0 Å². The second kappa shape index (κ2) is 9.15. The number of hydrogen-bond acceptors (Lipinski definition) is 4. The van der Waals surface area contributed by atoms with Crippen molar-refractivity contribution in [2.45, 2.75) is 25.7 Å². The molecule has 0 heterocycles. The van der Waals surface area contributed by atoms with Crippen LogP contribution in [0.15, 0.2) is 24.3 Å². The van der Waals surface area contributed by atoms with Gasteiger partial charge in [0.2, 0.25) is 0 Å². The monoisotopic (exact) mass is 335 g/mol. The van der Waals surface area contributed by atoms with E-state index in [4.69, 9.17) is 16.1 Å². The van der Waals surface area contributed by atoms with Crippen LogP contribution in [0.4, 0.5) is 5.69 Å². The third-order valence-electron chi connectivity index (χ3n) is 2.91. The first kappa shape index (κ1) is 18.1. The van der Waals surface area contributed by atoms with E-state index in [1.165, 1.54) is 12.1 Å². The van der Waals surface area contributed by atoms with Gasteiger partial charge >= 0.3 is 7.60 Å². The SMILES string of the molecule is O=[N+]([O-])c1ccc(CCOP(=O)(O)CCCCCCl)cc1. The molecule has 0 aliphatic rings. The number of rotatable bonds is 10. The number of halogens is 1. The standard InChI is InChI=1S/C13H19ClNO5P/c14-9-2-1-3-11-21(18,19)20-10-8-12-4-6-13(7-5-12)15(16)17/h4-7H,1-3,8-11H2,(H,18,19). The Morgan fingerprint density at radius 3 is 2.48 bits per heavy atom. The van der Waals surface area contributed by atoms with E-state index in [0.717, 1.165) is 18.4 Å². The zero-order valence-electron chi connectivity index (χ0n) is 11.6. The molecule has 6 nitrogen and oxygen atoms in total. The average Bonchev–Trinajstić information content (AvgIpc) is 2.44. The highest BCUT2D eigenvalue weighted by atomic mass is 35.5. The molecule has 0 fully saturated rings. The van der Waals surface area contributed by atoms with Crippen LogP contribution in [0.1, 0.15) is 24.8 Å². The summed E-state index contributed by atoms with van der Waals surface area (Å²) in [7, 11) is -3.55. The van der Waals surface area contributed by atoms with Crippen LogP contribution in [-0.2, 0) is 15.5 Å². The lowest BCUT2D eigenvalue weighted by atomic mass is 10.1. The maximum atomic E-state index is 11.7. The predicted octanol–water partition coefficient (Wildman–Crippen LogP) is 3.75. The third-order valence-corrected chi connectivity index (χ3v) is 4.64. The lowest BCUT2D eigenvalue weighted by molar-refractivity contribution is -0.384. The predicted molar refractivity (Wildman–Crippen MR) is 82.0 cm³/mol. The summed E-state index contributed by atoms with van der Waals surface area (Å²) in [6.07, 6.45) is 2.80. The highest BCUT2D eigenvalue weighted by Gasteiger charge is 2.18. The summed E-state index contributed by atoms with van der Waals surface area (Å²) in [5, 5.41) is 10.5. The number of nitro groups is 1. The number of unbranched alkanes of at least 4 members (excludes halogenated alkanes) is 2. The number of hydrogen-bond donors (Lipinski definition) is 1. The highest BCUT2D eigenvalue weighted by Crippen LogP contribution is 2.42. The molecule has 1 rings (SSSR count). The van der Waals surface area contributed by atoms with Crippen molar-refractivity contribution < 1.29 is 18.9 Å². The summed E-state index contributed by atoms with van der Waals surface area (Å²) < 4.78 is 16.8. The van der Waals surface area contributed by atoms with Gasteiger partial charge in [0.1, 0.15) is 0 Å². The quantitative estimate of drug-likeness (QED) is 0.231. The van der Waals surface area contributed by atoms with Gasteiger partial charge in [-0.1, -0.05) is 18.6 Å². The van der Waals surface area contributed by atoms with Gasteiger partial charge in [0.05, 0.1) is 11.5 Å². The van der Waals surface area contributed by atoms with Crippen molar-refractivity contribution >= 4 is 24.9 Å². The van der Waals surface area contributed by atoms with Crippen molar-refractivity contribution in [2.75, 3.05) is 18.6 Å². The molecule has 1 unspecified atom stereocenters. The number of non-ortho nitro benzene ring substituents is 1. The van der Waals surface area contributed by atoms with E-state index in [9.17, 15) is 19.6 Å². The van der Waals surface area contributed by atoms with E-state index in [2.05, 4.69) is 0 Å². The molecule has 0 aliphatic carbocycles. The molecule has 0 amide bonds. The first-order valence-corrected chi connectivity index (χ1v) is 9.00. The van der Waals surface area contributed by atoms with Gasteiger partial charge in [0.25, 0.3) is 5.69 Å². The Balaban J connectivity index is 2.31. The molecule has 0 saturated heterocycles. The largest absolute Gasteiger partial charge is 0.328 e. The summed E-state index contributed by atoms with van der Waals surface area (Å²) in [4.78, 5) is 19.7. The van der Waals surface area contributed by atoms with E-state index in [1.807, 2.05) is 0 Å². The molecule has 0 saturated carbocycles. The smallest absolute Gasteiger partial charge is 0.324 e. The van der Waals surface area contributed by atoms with Crippen LogP contribution in [-0.4, -0.2) is 28.5 Å². The van der Waals surface area contributed by atoms with Gasteiger partial charge in [-0.2, -0.15) is 0 Å². The van der Waals surface area contributed by atoms with E-state index in [0.29, 0.717) is 18.7 Å². The molecule has 0 aromatic heterocycles. The van der Waals surface area contributed by atoms with E-state index >= 15 is 0 Å². The maximum absolute atomic E-state index is 11.7. The van der Waals surface area contributed by atoms with Crippen LogP contribution >= 0.6 is 19.2 Å². The van der Waals surface area contributed by atoms with Gasteiger partial charge in [0.15, 0.2) is 0 Å². The van der Waals surface area contributed by atoms with Gasteiger partial charge < -0.3 is 9.42 Å². The molecular formula is C13H19ClNO5P. The minimum atomic E-state index is -3.55. The Bertz CT molecular complexity index is 494. The molecule has 1 aromatic rings. The zero-order chi connectivity index (χ0) is 15.7. The van der Waals surface area contributed by atoms with Gasteiger partial charge in [-0.15, -0.1) is 11.6 Å². The minimum Gasteiger partial charge on any atom is -0.324 e. The number of benzene rings is 1. The fraction of sp³-hybridized carbons (Fsp3) is 0.538. The molecule has 1 N–H and O–H groups in total. The Morgan fingerprint density at radius 2 is 1.90 bits per heavy atom. The lowest BCUT2D eigenvalue weighted by Crippen LogP contribution is -2.00. The summed E-state index contributed by atoms with van der Waals surface area (Å²) in [5.41, 5.74) is 0.842. The van der Waals surface area contributed by atoms with Crippen molar-refractivity contribution in [1.29, 1.82) is 0 Å². The number of alkyl halides is 1. The maximum Gasteiger partial charge on any atom is 0.328 e. The lowest BCUT2D eigenvalue weighted by Gasteiger charge is -2.11. The second-order valence-electron chi connectivity index (χ2n) is 4.62. The molecule has 1 aromatic carbocycles. The van der Waals surface area contributed by atoms with Crippen molar-refractivity contribution in [1.82, 2.24) is 0 Å². The third kappa shape index (κ3) is 7.58. The summed E-state index contributed by atoms with van der Waals surface area (Å²) >= 11 is 5.53. The van der Waals surface area contributed by atoms with Crippen molar-refractivity contribution in [3.63, 3.8) is 0 Å². The molecule has 1 atom stereocenters. The first-order valence-electron chi connectivity index (χ1n) is 6.70. The summed E-state index contributed by atoms with van der Waals surface area (Å²) in [6.45, 7) is 0.112. The van der Waals surface area contributed by atoms with E-state index in [-0.39, 0.29) is 18.5 Å². The Morgan fingerprint density at radius 1 is 1.24 bits per heavy atom. The average molecular weight is 336 g/mol. The fourth-order valence-electron chi connectivity index (χ4n) is 1.74. The van der Waals surface area contributed by atoms with Crippen molar-refractivity contribution in [3.05, 3.63) is 39.9 Å². The molecule has 0 bridgehead atoms. The molecular weight excluding hydrogens is 317 g/mol. The Hall–Kier alpha value is -0.940. The topological polar surface area (TPSA) is 89.7 Å². The van der Waals surface area contributed by atoms with Crippen LogP contribution in [0.5, 0.6) is 0 Å². The summed E-state index contributed by atoms with van der Waals surface area (Å²) in [6, 6.07) is 6.04. The van der Waals surface area contributed by atoms with E-state index in [1.54, 1.807) is 12.1 Å². The van der Waals surface area contributed by atoms with Crippen molar-refractivity contribution in [2.24, 2.45) is 0 Å². The van der Waals surface area contributed by atoms with Crippen LogP contribution < -0.4 is 0 Å². The fourth-order valence-corrected chi connectivity index (χ4v) is 3.06. The van der Waals surface area contributed by atoms with E-state index < -0.39 is 12.5 Å². The Kier molecular flexibility index (Phi) is 7.89. The Labute approximate surface area is 128 Å². The van der Waals surface area contributed by atoms with Crippen molar-refractivity contribution in [3.8, 4) is 0 Å². The first-order chi connectivity index (χ1) is 9.94. The molecule has 0 spiro atoms. The molecule has 0 radical (unpaired) electrons. The molecule has 118 valence electrons. The van der Waals surface area contributed by atoms with Gasteiger partial charge in [-0.3, -0.25) is 14.7 Å². The molecule has 0 aliphatic heterocycles. The number of nitro benzene ring substituents is 1. The molecule has 21 heavy (non-hydrogen) atoms. The number of nitrogens with zero attached hydrogens (tertiary/aromatic N) is 1. The van der Waals surface area contributed by atoms with Crippen LogP contribution in [0, 0.1) is 10.1 Å².